The van der Waals surface area contributed by atoms with Gasteiger partial charge in [-0.05, 0) is 30.2 Å². The highest BCUT2D eigenvalue weighted by molar-refractivity contribution is 5.85. The highest BCUT2D eigenvalue weighted by atomic mass is 16.5. The molecule has 0 saturated carbocycles. The third kappa shape index (κ3) is 3.95. The van der Waals surface area contributed by atoms with Crippen LogP contribution in [0.15, 0.2) is 48.7 Å². The maximum Gasteiger partial charge on any atom is 0.328 e. The van der Waals surface area contributed by atoms with Gasteiger partial charge < -0.3 is 9.84 Å². The number of aryl methyl sites for hydroxylation is 1. The standard InChI is InChI=1S/C16H15NO3/c1-12-15(20-11-13-5-3-2-4-6-13)9-14(10-17-12)7-8-16(18)19/h2-10H,11H2,1H3,(H,18,19). The summed E-state index contributed by atoms with van der Waals surface area (Å²) in [5, 5.41) is 8.61. The van der Waals surface area contributed by atoms with Gasteiger partial charge in [0.2, 0.25) is 0 Å². The molecule has 1 N–H and O–H groups in total. The quantitative estimate of drug-likeness (QED) is 0.847. The number of rotatable bonds is 5. The van der Waals surface area contributed by atoms with Crippen LogP contribution in [0, 0.1) is 6.92 Å². The number of pyridine rings is 1. The fraction of sp³-hybridized carbons (Fsp3) is 0.125. The second-order valence-corrected chi connectivity index (χ2v) is 4.30. The summed E-state index contributed by atoms with van der Waals surface area (Å²) in [4.78, 5) is 14.7. The normalized spacial score (nSPS) is 10.7. The largest absolute Gasteiger partial charge is 0.487 e. The van der Waals surface area contributed by atoms with Crippen molar-refractivity contribution in [2.24, 2.45) is 0 Å². The molecule has 4 heteroatoms. The first kappa shape index (κ1) is 13.8. The van der Waals surface area contributed by atoms with Crippen molar-refractivity contribution in [1.29, 1.82) is 0 Å². The van der Waals surface area contributed by atoms with Gasteiger partial charge in [-0.1, -0.05) is 30.3 Å². The second-order valence-electron chi connectivity index (χ2n) is 4.30. The van der Waals surface area contributed by atoms with Gasteiger partial charge in [0.05, 0.1) is 5.69 Å². The van der Waals surface area contributed by atoms with Crippen molar-refractivity contribution in [3.63, 3.8) is 0 Å². The van der Waals surface area contributed by atoms with Crippen LogP contribution >= 0.6 is 0 Å². The molecule has 0 aliphatic carbocycles. The van der Waals surface area contributed by atoms with Crippen molar-refractivity contribution >= 4 is 12.0 Å². The van der Waals surface area contributed by atoms with Crippen molar-refractivity contribution in [3.05, 3.63) is 65.5 Å². The van der Waals surface area contributed by atoms with E-state index in [1.54, 1.807) is 12.3 Å². The lowest BCUT2D eigenvalue weighted by molar-refractivity contribution is -0.131. The minimum absolute atomic E-state index is 0.454. The third-order valence-corrected chi connectivity index (χ3v) is 2.72. The molecule has 0 aliphatic heterocycles. The molecule has 0 amide bonds. The number of carboxylic acid groups (broad SMARTS) is 1. The minimum atomic E-state index is -0.989. The lowest BCUT2D eigenvalue weighted by atomic mass is 10.2. The molecule has 0 saturated heterocycles. The summed E-state index contributed by atoms with van der Waals surface area (Å²) in [5.41, 5.74) is 2.54. The maximum atomic E-state index is 10.5. The summed E-state index contributed by atoms with van der Waals surface area (Å²) < 4.78 is 5.73. The maximum absolute atomic E-state index is 10.5. The molecule has 0 unspecified atom stereocenters. The Hall–Kier alpha value is -2.62. The zero-order chi connectivity index (χ0) is 14.4. The van der Waals surface area contributed by atoms with Crippen LogP contribution in [0.3, 0.4) is 0 Å². The smallest absolute Gasteiger partial charge is 0.328 e. The predicted molar refractivity (Wildman–Crippen MR) is 76.4 cm³/mol. The molecule has 0 atom stereocenters. The molecular formula is C16H15NO3. The highest BCUT2D eigenvalue weighted by Crippen LogP contribution is 2.19. The number of carbonyl (C=O) groups is 1. The van der Waals surface area contributed by atoms with Crippen LogP contribution in [0.25, 0.3) is 6.08 Å². The zero-order valence-electron chi connectivity index (χ0n) is 11.1. The summed E-state index contributed by atoms with van der Waals surface area (Å²) in [7, 11) is 0. The van der Waals surface area contributed by atoms with Crippen LogP contribution in [-0.2, 0) is 11.4 Å². The van der Waals surface area contributed by atoms with Gasteiger partial charge in [0, 0.05) is 12.3 Å². The number of benzene rings is 1. The molecule has 1 heterocycles. The Morgan fingerprint density at radius 3 is 2.80 bits per heavy atom. The number of ether oxygens (including phenoxy) is 1. The molecule has 0 aliphatic rings. The summed E-state index contributed by atoms with van der Waals surface area (Å²) >= 11 is 0. The average molecular weight is 269 g/mol. The van der Waals surface area contributed by atoms with Crippen molar-refractivity contribution in [2.75, 3.05) is 0 Å². The Kier molecular flexibility index (Phi) is 4.50. The van der Waals surface area contributed by atoms with Crippen LogP contribution in [0.5, 0.6) is 5.75 Å². The van der Waals surface area contributed by atoms with E-state index in [2.05, 4.69) is 4.98 Å². The number of aromatic nitrogens is 1. The Morgan fingerprint density at radius 1 is 1.35 bits per heavy atom. The monoisotopic (exact) mass is 269 g/mol. The molecule has 1 aromatic carbocycles. The molecular weight excluding hydrogens is 254 g/mol. The first-order chi connectivity index (χ1) is 9.65. The van der Waals surface area contributed by atoms with Crippen LogP contribution < -0.4 is 4.74 Å². The first-order valence-electron chi connectivity index (χ1n) is 6.19. The van der Waals surface area contributed by atoms with Gasteiger partial charge in [0.1, 0.15) is 12.4 Å². The molecule has 0 radical (unpaired) electrons. The summed E-state index contributed by atoms with van der Waals surface area (Å²) in [6.07, 6.45) is 4.18. The van der Waals surface area contributed by atoms with Gasteiger partial charge in [-0.25, -0.2) is 4.79 Å². The van der Waals surface area contributed by atoms with Crippen molar-refractivity contribution in [3.8, 4) is 5.75 Å². The van der Waals surface area contributed by atoms with Crippen molar-refractivity contribution in [2.45, 2.75) is 13.5 Å². The van der Waals surface area contributed by atoms with E-state index in [1.165, 1.54) is 6.08 Å². The van der Waals surface area contributed by atoms with E-state index in [0.717, 1.165) is 17.3 Å². The third-order valence-electron chi connectivity index (χ3n) is 2.72. The molecule has 0 spiro atoms. The Balaban J connectivity index is 2.10. The molecule has 0 fully saturated rings. The Morgan fingerprint density at radius 2 is 2.10 bits per heavy atom. The summed E-state index contributed by atoms with van der Waals surface area (Å²) in [5.74, 6) is -0.335. The van der Waals surface area contributed by atoms with Gasteiger partial charge >= 0.3 is 5.97 Å². The zero-order valence-corrected chi connectivity index (χ0v) is 11.1. The molecule has 102 valence electrons. The van der Waals surface area contributed by atoms with E-state index in [-0.39, 0.29) is 0 Å². The van der Waals surface area contributed by atoms with Gasteiger partial charge in [0.25, 0.3) is 0 Å². The van der Waals surface area contributed by atoms with Crippen molar-refractivity contribution in [1.82, 2.24) is 4.98 Å². The van der Waals surface area contributed by atoms with Gasteiger partial charge in [-0.15, -0.1) is 0 Å². The molecule has 1 aromatic heterocycles. The van der Waals surface area contributed by atoms with Gasteiger partial charge in [0.15, 0.2) is 0 Å². The van der Waals surface area contributed by atoms with E-state index in [4.69, 9.17) is 9.84 Å². The van der Waals surface area contributed by atoms with E-state index in [9.17, 15) is 4.79 Å². The predicted octanol–water partition coefficient (Wildman–Crippen LogP) is 3.07. The number of hydrogen-bond acceptors (Lipinski definition) is 3. The van der Waals surface area contributed by atoms with Crippen LogP contribution in [-0.4, -0.2) is 16.1 Å². The van der Waals surface area contributed by atoms with E-state index in [0.29, 0.717) is 17.9 Å². The highest BCUT2D eigenvalue weighted by Gasteiger charge is 2.03. The van der Waals surface area contributed by atoms with E-state index < -0.39 is 5.97 Å². The average Bonchev–Trinajstić information content (AvgIpc) is 2.46. The minimum Gasteiger partial charge on any atom is -0.487 e. The van der Waals surface area contributed by atoms with Crippen LogP contribution in [0.2, 0.25) is 0 Å². The molecule has 2 rings (SSSR count). The number of aliphatic carboxylic acids is 1. The van der Waals surface area contributed by atoms with E-state index >= 15 is 0 Å². The Bertz CT molecular complexity index is 621. The van der Waals surface area contributed by atoms with E-state index in [1.807, 2.05) is 37.3 Å². The van der Waals surface area contributed by atoms with Gasteiger partial charge in [-0.3, -0.25) is 4.98 Å². The fourth-order valence-corrected chi connectivity index (χ4v) is 1.67. The first-order valence-corrected chi connectivity index (χ1v) is 6.19. The number of nitrogens with zero attached hydrogens (tertiary/aromatic N) is 1. The second kappa shape index (κ2) is 6.52. The SMILES string of the molecule is Cc1ncc(C=CC(=O)O)cc1OCc1ccccc1. The molecule has 0 bridgehead atoms. The lowest BCUT2D eigenvalue weighted by Gasteiger charge is -2.09. The fourth-order valence-electron chi connectivity index (χ4n) is 1.67. The van der Waals surface area contributed by atoms with Crippen LogP contribution in [0.4, 0.5) is 0 Å². The topological polar surface area (TPSA) is 59.4 Å². The van der Waals surface area contributed by atoms with Gasteiger partial charge in [-0.2, -0.15) is 0 Å². The molecule has 20 heavy (non-hydrogen) atoms. The van der Waals surface area contributed by atoms with Crippen LogP contribution in [0.1, 0.15) is 16.8 Å². The summed E-state index contributed by atoms with van der Waals surface area (Å²) in [6, 6.07) is 11.6. The number of hydrogen-bond donors (Lipinski definition) is 1. The van der Waals surface area contributed by atoms with Crippen molar-refractivity contribution < 1.29 is 14.6 Å². The molecule has 4 nitrogen and oxygen atoms in total. The molecule has 2 aromatic rings. The summed E-state index contributed by atoms with van der Waals surface area (Å²) in [6.45, 7) is 2.31. The lowest BCUT2D eigenvalue weighted by Crippen LogP contribution is -1.98. The number of carboxylic acids is 1. The Labute approximate surface area is 117 Å².